The minimum Gasteiger partial charge on any atom is -0.326 e. The maximum Gasteiger partial charge on any atom is 0.277 e. The number of carbonyl (C=O) groups is 1. The molecule has 0 unspecified atom stereocenters. The summed E-state index contributed by atoms with van der Waals surface area (Å²) < 4.78 is 1.23. The molecule has 6 heteroatoms. The van der Waals surface area contributed by atoms with E-state index in [9.17, 15) is 9.59 Å². The number of benzene rings is 2. The van der Waals surface area contributed by atoms with Gasteiger partial charge < -0.3 is 5.32 Å². The molecule has 3 aromatic rings. The van der Waals surface area contributed by atoms with Gasteiger partial charge in [0.2, 0.25) is 5.91 Å². The summed E-state index contributed by atoms with van der Waals surface area (Å²) >= 11 is 0. The van der Waals surface area contributed by atoms with Gasteiger partial charge in [-0.05, 0) is 44.0 Å². The zero-order valence-corrected chi connectivity index (χ0v) is 14.5. The third-order valence-corrected chi connectivity index (χ3v) is 4.12. The fourth-order valence-electron chi connectivity index (χ4n) is 2.96. The highest BCUT2D eigenvalue weighted by Gasteiger charge is 2.10. The highest BCUT2D eigenvalue weighted by Crippen LogP contribution is 2.22. The minimum atomic E-state index is -0.235. The molecular formula is C19H20N4O2. The van der Waals surface area contributed by atoms with E-state index in [-0.39, 0.29) is 24.4 Å². The van der Waals surface area contributed by atoms with Gasteiger partial charge in [0, 0.05) is 12.1 Å². The summed E-state index contributed by atoms with van der Waals surface area (Å²) in [5.74, 6) is -0.156. The highest BCUT2D eigenvalue weighted by molar-refractivity contribution is 5.92. The summed E-state index contributed by atoms with van der Waals surface area (Å²) in [5.41, 5.74) is 4.35. The van der Waals surface area contributed by atoms with E-state index in [1.807, 2.05) is 32.9 Å². The molecule has 0 bridgehead atoms. The fourth-order valence-corrected chi connectivity index (χ4v) is 2.96. The minimum absolute atomic E-state index is 0.152. The number of aromatic nitrogens is 3. The van der Waals surface area contributed by atoms with Gasteiger partial charge in [0.05, 0.1) is 11.9 Å². The van der Waals surface area contributed by atoms with E-state index in [0.29, 0.717) is 10.9 Å². The molecule has 1 N–H and O–H groups in total. The van der Waals surface area contributed by atoms with Crippen LogP contribution in [0.1, 0.15) is 23.1 Å². The molecule has 1 heterocycles. The summed E-state index contributed by atoms with van der Waals surface area (Å²) in [7, 11) is 0. The van der Waals surface area contributed by atoms with Crippen LogP contribution >= 0.6 is 0 Å². The second kappa shape index (κ2) is 6.84. The van der Waals surface area contributed by atoms with Crippen LogP contribution in [0.15, 0.2) is 41.2 Å². The summed E-state index contributed by atoms with van der Waals surface area (Å²) in [6.07, 6.45) is 0.152. The van der Waals surface area contributed by atoms with Crippen LogP contribution < -0.4 is 10.9 Å². The molecule has 2 aromatic carbocycles. The summed E-state index contributed by atoms with van der Waals surface area (Å²) in [4.78, 5) is 24.6. The van der Waals surface area contributed by atoms with Crippen molar-refractivity contribution < 1.29 is 4.79 Å². The molecule has 1 aromatic heterocycles. The lowest BCUT2D eigenvalue weighted by molar-refractivity contribution is -0.116. The molecule has 0 radical (unpaired) electrons. The molecule has 0 aliphatic heterocycles. The highest BCUT2D eigenvalue weighted by atomic mass is 16.2. The first-order valence-corrected chi connectivity index (χ1v) is 8.16. The molecule has 3 rings (SSSR count). The number of fused-ring (bicyclic) bond motifs is 1. The predicted molar refractivity (Wildman–Crippen MR) is 97.7 cm³/mol. The van der Waals surface area contributed by atoms with Gasteiger partial charge in [-0.25, -0.2) is 4.68 Å². The lowest BCUT2D eigenvalue weighted by atomic mass is 10.1. The average Bonchev–Trinajstić information content (AvgIpc) is 2.58. The van der Waals surface area contributed by atoms with Crippen LogP contribution in [0, 0.1) is 20.8 Å². The fraction of sp³-hybridized carbons (Fsp3) is 0.263. The van der Waals surface area contributed by atoms with Gasteiger partial charge in [-0.15, -0.1) is 5.10 Å². The summed E-state index contributed by atoms with van der Waals surface area (Å²) in [6.45, 7) is 6.15. The van der Waals surface area contributed by atoms with Crippen LogP contribution in [0.3, 0.4) is 0 Å². The Kier molecular flexibility index (Phi) is 4.61. The van der Waals surface area contributed by atoms with Crippen LogP contribution in [0.2, 0.25) is 0 Å². The molecule has 6 nitrogen and oxygen atoms in total. The van der Waals surface area contributed by atoms with Gasteiger partial charge >= 0.3 is 0 Å². The van der Waals surface area contributed by atoms with Crippen molar-refractivity contribution in [2.24, 2.45) is 0 Å². The third kappa shape index (κ3) is 3.57. The van der Waals surface area contributed by atoms with Crippen molar-refractivity contribution >= 4 is 22.5 Å². The van der Waals surface area contributed by atoms with E-state index in [1.165, 1.54) is 4.68 Å². The summed E-state index contributed by atoms with van der Waals surface area (Å²) in [6, 6.07) is 11.1. The quantitative estimate of drug-likeness (QED) is 0.795. The van der Waals surface area contributed by atoms with Gasteiger partial charge in [-0.3, -0.25) is 9.59 Å². The van der Waals surface area contributed by atoms with Crippen molar-refractivity contribution in [3.05, 3.63) is 63.4 Å². The molecule has 0 fully saturated rings. The Balaban J connectivity index is 1.73. The number of aryl methyl sites for hydroxylation is 4. The van der Waals surface area contributed by atoms with Crippen molar-refractivity contribution in [1.29, 1.82) is 0 Å². The van der Waals surface area contributed by atoms with Crippen molar-refractivity contribution in [1.82, 2.24) is 15.0 Å². The van der Waals surface area contributed by atoms with Crippen molar-refractivity contribution in [3.63, 3.8) is 0 Å². The zero-order valence-electron chi connectivity index (χ0n) is 14.5. The average molecular weight is 336 g/mol. The van der Waals surface area contributed by atoms with E-state index in [4.69, 9.17) is 0 Å². The number of hydrogen-bond donors (Lipinski definition) is 1. The molecule has 0 saturated heterocycles. The lowest BCUT2D eigenvalue weighted by Crippen LogP contribution is -2.26. The first-order valence-electron chi connectivity index (χ1n) is 8.16. The van der Waals surface area contributed by atoms with E-state index >= 15 is 0 Å². The number of rotatable bonds is 4. The third-order valence-electron chi connectivity index (χ3n) is 4.12. The number of anilines is 1. The number of hydrogen-bond acceptors (Lipinski definition) is 4. The SMILES string of the molecule is Cc1cc(C)c(NC(=O)CCn2nnc3ccccc3c2=O)c(C)c1. The lowest BCUT2D eigenvalue weighted by Gasteiger charge is -2.13. The molecule has 0 atom stereocenters. The molecule has 0 saturated carbocycles. The Hall–Kier alpha value is -3.02. The van der Waals surface area contributed by atoms with E-state index in [0.717, 1.165) is 22.4 Å². The number of nitrogens with zero attached hydrogens (tertiary/aromatic N) is 3. The molecule has 0 aliphatic carbocycles. The van der Waals surface area contributed by atoms with Crippen LogP contribution in [0.5, 0.6) is 0 Å². The second-order valence-corrected chi connectivity index (χ2v) is 6.21. The van der Waals surface area contributed by atoms with Gasteiger partial charge in [0.15, 0.2) is 0 Å². The Bertz CT molecular complexity index is 985. The molecule has 0 spiro atoms. The molecular weight excluding hydrogens is 316 g/mol. The van der Waals surface area contributed by atoms with Gasteiger partial charge in [-0.2, -0.15) is 0 Å². The normalized spacial score (nSPS) is 10.8. The Labute approximate surface area is 145 Å². The Morgan fingerprint density at radius 3 is 2.52 bits per heavy atom. The second-order valence-electron chi connectivity index (χ2n) is 6.21. The van der Waals surface area contributed by atoms with Gasteiger partial charge in [0.25, 0.3) is 5.56 Å². The van der Waals surface area contributed by atoms with Crippen LogP contribution in [0.4, 0.5) is 5.69 Å². The van der Waals surface area contributed by atoms with Gasteiger partial charge in [0.1, 0.15) is 5.52 Å². The topological polar surface area (TPSA) is 76.9 Å². The van der Waals surface area contributed by atoms with E-state index in [2.05, 4.69) is 15.6 Å². The first-order chi connectivity index (χ1) is 12.0. The first kappa shape index (κ1) is 16.8. The summed E-state index contributed by atoms with van der Waals surface area (Å²) in [5, 5.41) is 11.4. The van der Waals surface area contributed by atoms with Crippen LogP contribution in [-0.4, -0.2) is 20.9 Å². The maximum atomic E-state index is 12.4. The smallest absolute Gasteiger partial charge is 0.277 e. The standard InChI is InChI=1S/C19H20N4O2/c1-12-10-13(2)18(14(3)11-12)20-17(24)8-9-23-19(25)15-6-4-5-7-16(15)21-22-23/h4-7,10-11H,8-9H2,1-3H3,(H,20,24). The van der Waals surface area contributed by atoms with E-state index in [1.54, 1.807) is 24.3 Å². The number of amides is 1. The molecule has 1 amide bonds. The maximum absolute atomic E-state index is 12.4. The molecule has 128 valence electrons. The number of nitrogens with one attached hydrogen (secondary N) is 1. The van der Waals surface area contributed by atoms with Crippen molar-refractivity contribution in [3.8, 4) is 0 Å². The van der Waals surface area contributed by atoms with Crippen molar-refractivity contribution in [2.45, 2.75) is 33.7 Å². The predicted octanol–water partition coefficient (Wildman–Crippen LogP) is 2.75. The zero-order chi connectivity index (χ0) is 18.0. The van der Waals surface area contributed by atoms with Crippen molar-refractivity contribution in [2.75, 3.05) is 5.32 Å². The Morgan fingerprint density at radius 1 is 1.12 bits per heavy atom. The Morgan fingerprint density at radius 2 is 1.80 bits per heavy atom. The monoisotopic (exact) mass is 336 g/mol. The number of carbonyl (C=O) groups excluding carboxylic acids is 1. The van der Waals surface area contributed by atoms with Crippen LogP contribution in [0.25, 0.3) is 10.9 Å². The van der Waals surface area contributed by atoms with Gasteiger partial charge in [-0.1, -0.05) is 35.0 Å². The molecule has 25 heavy (non-hydrogen) atoms. The largest absolute Gasteiger partial charge is 0.326 e. The van der Waals surface area contributed by atoms with Crippen LogP contribution in [-0.2, 0) is 11.3 Å². The van der Waals surface area contributed by atoms with E-state index < -0.39 is 0 Å². The molecule has 0 aliphatic rings.